The molecule has 12 heteroatoms. The number of terminal acetylenes is 1. The van der Waals surface area contributed by atoms with Crippen LogP contribution in [0.2, 0.25) is 0 Å². The van der Waals surface area contributed by atoms with Crippen molar-refractivity contribution < 1.29 is 9.18 Å². The van der Waals surface area contributed by atoms with Crippen LogP contribution >= 0.6 is 11.3 Å². The molecule has 1 amide bonds. The van der Waals surface area contributed by atoms with Crippen LogP contribution in [0.15, 0.2) is 49.4 Å². The van der Waals surface area contributed by atoms with Crippen molar-refractivity contribution >= 4 is 28.3 Å². The van der Waals surface area contributed by atoms with Crippen molar-refractivity contribution in [2.45, 2.75) is 37.8 Å². The molecule has 1 N–H and O–H groups in total. The molecule has 0 spiro atoms. The van der Waals surface area contributed by atoms with Crippen molar-refractivity contribution in [3.05, 3.63) is 65.1 Å². The van der Waals surface area contributed by atoms with Crippen LogP contribution in [0.4, 0.5) is 4.39 Å². The summed E-state index contributed by atoms with van der Waals surface area (Å²) in [5.74, 6) is 2.77. The zero-order valence-corrected chi connectivity index (χ0v) is 20.3. The number of halogens is 1. The molecule has 1 aliphatic carbocycles. The Bertz CT molecular complexity index is 1640. The van der Waals surface area contributed by atoms with Crippen LogP contribution in [-0.2, 0) is 0 Å². The second kappa shape index (κ2) is 9.51. The van der Waals surface area contributed by atoms with Crippen molar-refractivity contribution in [2.75, 3.05) is 0 Å². The minimum atomic E-state index is -0.461. The Morgan fingerprint density at radius 3 is 2.95 bits per heavy atom. The van der Waals surface area contributed by atoms with Crippen LogP contribution in [0.3, 0.4) is 0 Å². The lowest BCUT2D eigenvalue weighted by Gasteiger charge is -2.31. The molecule has 0 unspecified atom stereocenters. The van der Waals surface area contributed by atoms with Gasteiger partial charge >= 0.3 is 0 Å². The van der Waals surface area contributed by atoms with Gasteiger partial charge in [-0.3, -0.25) is 4.79 Å². The number of carbonyl (C=O) groups is 1. The quantitative estimate of drug-likeness (QED) is 0.357. The number of amides is 1. The van der Waals surface area contributed by atoms with Gasteiger partial charge in [0.05, 0.1) is 22.8 Å². The van der Waals surface area contributed by atoms with Gasteiger partial charge in [0.1, 0.15) is 23.9 Å². The summed E-state index contributed by atoms with van der Waals surface area (Å²) in [6, 6.07) is 4.62. The standard InChI is InChI=1S/C25H20FN9OS/c1-2-17-11-30-25(37-17)24(36)32-15-5-3-6-16(9-15)35-20-10-21(34-14-27-13-31-34)29-12-19(20)33-23(35)22-18(26)7-4-8-28-22/h1,4,7-8,10-16H,3,5-6,9H2,(H,32,36)/t15-,16+/m0/s1. The number of nitrogens with one attached hydrogen (secondary N) is 1. The molecule has 1 saturated carbocycles. The van der Waals surface area contributed by atoms with Crippen LogP contribution in [0.5, 0.6) is 0 Å². The van der Waals surface area contributed by atoms with Crippen molar-refractivity contribution in [3.63, 3.8) is 0 Å². The van der Waals surface area contributed by atoms with Gasteiger partial charge in [-0.15, -0.1) is 17.8 Å². The molecule has 0 bridgehead atoms. The molecule has 0 aromatic carbocycles. The van der Waals surface area contributed by atoms with E-state index in [1.807, 2.05) is 10.6 Å². The number of aromatic nitrogens is 8. The number of rotatable bonds is 5. The summed E-state index contributed by atoms with van der Waals surface area (Å²) >= 11 is 1.19. The summed E-state index contributed by atoms with van der Waals surface area (Å²) in [5, 5.41) is 7.61. The van der Waals surface area contributed by atoms with E-state index in [0.29, 0.717) is 33.5 Å². The molecule has 0 saturated heterocycles. The summed E-state index contributed by atoms with van der Waals surface area (Å²) in [5.41, 5.74) is 1.55. The van der Waals surface area contributed by atoms with E-state index in [1.54, 1.807) is 29.5 Å². The fourth-order valence-corrected chi connectivity index (χ4v) is 5.38. The number of pyridine rings is 2. The Hall–Kier alpha value is -4.50. The zero-order chi connectivity index (χ0) is 25.4. The highest BCUT2D eigenvalue weighted by molar-refractivity contribution is 7.14. The lowest BCUT2D eigenvalue weighted by molar-refractivity contribution is 0.0920. The zero-order valence-electron chi connectivity index (χ0n) is 19.5. The maximum atomic E-state index is 14.9. The second-order valence-corrected chi connectivity index (χ2v) is 9.71. The number of hydrogen-bond acceptors (Lipinski definition) is 8. The number of imidazole rings is 1. The SMILES string of the molecule is C#Cc1cnc(C(=O)N[C@H]2CCC[C@@H](n3c(-c4ncccc4F)nc4cnc(-n5cncn5)cc43)C2)s1. The predicted octanol–water partition coefficient (Wildman–Crippen LogP) is 3.56. The van der Waals surface area contributed by atoms with Gasteiger partial charge in [0.15, 0.2) is 22.5 Å². The third-order valence-electron chi connectivity index (χ3n) is 6.37. The molecule has 5 aromatic heterocycles. The third-order valence-corrected chi connectivity index (χ3v) is 7.30. The average molecular weight is 514 g/mol. The highest BCUT2D eigenvalue weighted by atomic mass is 32.1. The molecular formula is C25H20FN9OS. The number of carbonyl (C=O) groups excluding carboxylic acids is 1. The molecule has 1 aliphatic rings. The topological polar surface area (TPSA) is 116 Å². The van der Waals surface area contributed by atoms with E-state index in [2.05, 4.69) is 36.3 Å². The number of nitrogens with zero attached hydrogens (tertiary/aromatic N) is 8. The van der Waals surface area contributed by atoms with Crippen LogP contribution in [0, 0.1) is 18.2 Å². The van der Waals surface area contributed by atoms with Gasteiger partial charge in [-0.25, -0.2) is 34.0 Å². The van der Waals surface area contributed by atoms with Crippen molar-refractivity contribution in [1.82, 2.24) is 44.6 Å². The van der Waals surface area contributed by atoms with Gasteiger partial charge in [-0.2, -0.15) is 5.10 Å². The van der Waals surface area contributed by atoms with Crippen LogP contribution in [-0.4, -0.2) is 51.2 Å². The van der Waals surface area contributed by atoms with Crippen LogP contribution in [0.25, 0.3) is 28.4 Å². The maximum absolute atomic E-state index is 14.9. The monoisotopic (exact) mass is 513 g/mol. The smallest absolute Gasteiger partial charge is 0.280 e. The summed E-state index contributed by atoms with van der Waals surface area (Å²) in [6.07, 6.45) is 16.3. The van der Waals surface area contributed by atoms with Gasteiger partial charge in [-0.1, -0.05) is 5.92 Å². The first-order valence-corrected chi connectivity index (χ1v) is 12.5. The lowest BCUT2D eigenvalue weighted by Crippen LogP contribution is -2.39. The number of thiazole rings is 1. The van der Waals surface area contributed by atoms with E-state index >= 15 is 0 Å². The summed E-state index contributed by atoms with van der Waals surface area (Å²) in [6.45, 7) is 0. The number of hydrogen-bond donors (Lipinski definition) is 1. The molecule has 10 nitrogen and oxygen atoms in total. The summed E-state index contributed by atoms with van der Waals surface area (Å²) in [4.78, 5) is 35.0. The Kier molecular flexibility index (Phi) is 5.90. The Morgan fingerprint density at radius 1 is 1.24 bits per heavy atom. The lowest BCUT2D eigenvalue weighted by atomic mass is 9.90. The maximum Gasteiger partial charge on any atom is 0.280 e. The first kappa shape index (κ1) is 22.9. The molecule has 0 radical (unpaired) electrons. The molecule has 0 aliphatic heterocycles. The van der Waals surface area contributed by atoms with E-state index in [4.69, 9.17) is 11.4 Å². The number of fused-ring (bicyclic) bond motifs is 1. The highest BCUT2D eigenvalue weighted by Crippen LogP contribution is 2.36. The van der Waals surface area contributed by atoms with E-state index in [-0.39, 0.29) is 23.7 Å². The molecule has 2 atom stereocenters. The largest absolute Gasteiger partial charge is 0.347 e. The fourth-order valence-electron chi connectivity index (χ4n) is 4.75. The molecular weight excluding hydrogens is 493 g/mol. The van der Waals surface area contributed by atoms with Gasteiger partial charge < -0.3 is 9.88 Å². The van der Waals surface area contributed by atoms with E-state index in [0.717, 1.165) is 24.8 Å². The minimum absolute atomic E-state index is 0.0657. The Balaban J connectivity index is 1.38. The van der Waals surface area contributed by atoms with Gasteiger partial charge in [-0.05, 0) is 37.8 Å². The molecule has 184 valence electrons. The minimum Gasteiger partial charge on any atom is -0.347 e. The molecule has 6 rings (SSSR count). The van der Waals surface area contributed by atoms with Crippen molar-refractivity contribution in [3.8, 4) is 29.7 Å². The van der Waals surface area contributed by atoms with E-state index in [1.165, 1.54) is 29.9 Å². The third kappa shape index (κ3) is 4.34. The average Bonchev–Trinajstić information content (AvgIpc) is 3.68. The summed E-state index contributed by atoms with van der Waals surface area (Å²) < 4.78 is 18.5. The van der Waals surface area contributed by atoms with E-state index in [9.17, 15) is 9.18 Å². The molecule has 1 fully saturated rings. The van der Waals surface area contributed by atoms with Crippen LogP contribution in [0.1, 0.15) is 46.4 Å². The highest BCUT2D eigenvalue weighted by Gasteiger charge is 2.30. The fraction of sp³-hybridized carbons (Fsp3) is 0.240. The molecule has 5 aromatic rings. The normalized spacial score (nSPS) is 17.5. The Labute approximate surface area is 214 Å². The van der Waals surface area contributed by atoms with Crippen LogP contribution < -0.4 is 5.32 Å². The van der Waals surface area contributed by atoms with E-state index < -0.39 is 5.82 Å². The first-order chi connectivity index (χ1) is 18.1. The predicted molar refractivity (Wildman–Crippen MR) is 134 cm³/mol. The van der Waals surface area contributed by atoms with Crippen molar-refractivity contribution in [1.29, 1.82) is 0 Å². The first-order valence-electron chi connectivity index (χ1n) is 11.7. The second-order valence-electron chi connectivity index (χ2n) is 8.68. The van der Waals surface area contributed by atoms with Gasteiger partial charge in [0.25, 0.3) is 5.91 Å². The molecule has 5 heterocycles. The summed E-state index contributed by atoms with van der Waals surface area (Å²) in [7, 11) is 0. The van der Waals surface area contributed by atoms with Crippen molar-refractivity contribution in [2.24, 2.45) is 0 Å². The molecule has 37 heavy (non-hydrogen) atoms. The van der Waals surface area contributed by atoms with Gasteiger partial charge in [0, 0.05) is 24.3 Å². The van der Waals surface area contributed by atoms with Gasteiger partial charge in [0.2, 0.25) is 0 Å². The Morgan fingerprint density at radius 2 is 2.16 bits per heavy atom.